The fourth-order valence-electron chi connectivity index (χ4n) is 1.56. The highest BCUT2D eigenvalue weighted by Crippen LogP contribution is 2.06. The quantitative estimate of drug-likeness (QED) is 0.275. The van der Waals surface area contributed by atoms with Crippen LogP contribution in [0.15, 0.2) is 27.8 Å². The van der Waals surface area contributed by atoms with E-state index in [1.807, 2.05) is 39.8 Å². The van der Waals surface area contributed by atoms with Crippen LogP contribution in [0.5, 0.6) is 0 Å². The maximum Gasteiger partial charge on any atom is 0.407 e. The van der Waals surface area contributed by atoms with Gasteiger partial charge in [0, 0.05) is 19.6 Å². The van der Waals surface area contributed by atoms with Gasteiger partial charge in [0.05, 0.1) is 6.26 Å². The lowest BCUT2D eigenvalue weighted by atomic mass is 10.2. The molecule has 132 valence electrons. The molecule has 0 saturated carbocycles. The van der Waals surface area contributed by atoms with Gasteiger partial charge in [-0.1, -0.05) is 0 Å². The molecule has 0 unspecified atom stereocenters. The number of carbonyl (C=O) groups is 1. The van der Waals surface area contributed by atoms with Crippen molar-refractivity contribution < 1.29 is 13.9 Å². The molecule has 0 aliphatic heterocycles. The van der Waals surface area contributed by atoms with Crippen molar-refractivity contribution in [3.8, 4) is 0 Å². The highest BCUT2D eigenvalue weighted by atomic mass is 127. The lowest BCUT2D eigenvalue weighted by Gasteiger charge is -2.19. The predicted molar refractivity (Wildman–Crippen MR) is 101 cm³/mol. The Kier molecular flexibility index (Phi) is 10.4. The Labute approximate surface area is 154 Å². The summed E-state index contributed by atoms with van der Waals surface area (Å²) in [5, 5.41) is 8.93. The predicted octanol–water partition coefficient (Wildman–Crippen LogP) is 2.48. The lowest BCUT2D eigenvalue weighted by molar-refractivity contribution is 0.0529. The zero-order valence-electron chi connectivity index (χ0n) is 14.1. The number of hydrogen-bond donors (Lipinski definition) is 3. The van der Waals surface area contributed by atoms with Gasteiger partial charge in [0.15, 0.2) is 5.96 Å². The molecule has 1 aromatic heterocycles. The van der Waals surface area contributed by atoms with Gasteiger partial charge >= 0.3 is 6.09 Å². The summed E-state index contributed by atoms with van der Waals surface area (Å²) >= 11 is 0. The van der Waals surface area contributed by atoms with Crippen molar-refractivity contribution >= 4 is 36.0 Å². The van der Waals surface area contributed by atoms with Crippen molar-refractivity contribution in [1.29, 1.82) is 0 Å². The molecule has 0 fully saturated rings. The minimum absolute atomic E-state index is 0. The van der Waals surface area contributed by atoms with Crippen molar-refractivity contribution in [2.75, 3.05) is 19.6 Å². The highest BCUT2D eigenvalue weighted by molar-refractivity contribution is 14.0. The standard InChI is InChI=1S/C15H26N4O3.HI/c1-5-16-13(19-11-12-7-6-10-21-12)17-8-9-18-14(20)22-15(2,3)4;/h6-7,10H,5,8-9,11H2,1-4H3,(H,18,20)(H2,16,17,19);1H. The number of amides is 1. The number of carbonyl (C=O) groups excluding carboxylic acids is 1. The molecule has 7 nitrogen and oxygen atoms in total. The summed E-state index contributed by atoms with van der Waals surface area (Å²) in [6, 6.07) is 3.70. The first-order chi connectivity index (χ1) is 10.4. The van der Waals surface area contributed by atoms with Gasteiger partial charge in [0.1, 0.15) is 17.9 Å². The molecule has 0 bridgehead atoms. The van der Waals surface area contributed by atoms with E-state index in [1.54, 1.807) is 6.26 Å². The Balaban J connectivity index is 0.00000484. The smallest absolute Gasteiger partial charge is 0.407 e. The first kappa shape index (κ1) is 21.6. The maximum atomic E-state index is 11.5. The number of nitrogens with one attached hydrogen (secondary N) is 3. The van der Waals surface area contributed by atoms with Crippen LogP contribution in [-0.2, 0) is 11.3 Å². The topological polar surface area (TPSA) is 87.9 Å². The summed E-state index contributed by atoms with van der Waals surface area (Å²) in [4.78, 5) is 15.9. The minimum Gasteiger partial charge on any atom is -0.467 e. The summed E-state index contributed by atoms with van der Waals surface area (Å²) in [7, 11) is 0. The molecule has 1 rings (SSSR count). The van der Waals surface area contributed by atoms with Crippen LogP contribution in [0, 0.1) is 0 Å². The molecule has 0 saturated heterocycles. The fraction of sp³-hybridized carbons (Fsp3) is 0.600. The van der Waals surface area contributed by atoms with E-state index in [-0.39, 0.29) is 24.0 Å². The van der Waals surface area contributed by atoms with Crippen LogP contribution in [0.25, 0.3) is 0 Å². The largest absolute Gasteiger partial charge is 0.467 e. The van der Waals surface area contributed by atoms with Crippen molar-refractivity contribution in [2.24, 2.45) is 4.99 Å². The summed E-state index contributed by atoms with van der Waals surface area (Å²) in [5.41, 5.74) is -0.489. The number of halogens is 1. The minimum atomic E-state index is -0.489. The molecular weight excluding hydrogens is 411 g/mol. The molecule has 0 atom stereocenters. The highest BCUT2D eigenvalue weighted by Gasteiger charge is 2.15. The average molecular weight is 438 g/mol. The van der Waals surface area contributed by atoms with Gasteiger partial charge < -0.3 is 25.1 Å². The van der Waals surface area contributed by atoms with Crippen LogP contribution < -0.4 is 16.0 Å². The van der Waals surface area contributed by atoms with E-state index in [0.29, 0.717) is 25.6 Å². The van der Waals surface area contributed by atoms with Crippen LogP contribution in [0.4, 0.5) is 4.79 Å². The number of aliphatic imine (C=N–C) groups is 1. The van der Waals surface area contributed by atoms with Crippen molar-refractivity contribution in [1.82, 2.24) is 16.0 Å². The Morgan fingerprint density at radius 3 is 2.52 bits per heavy atom. The molecule has 3 N–H and O–H groups in total. The van der Waals surface area contributed by atoms with Gasteiger partial charge in [-0.15, -0.1) is 24.0 Å². The zero-order valence-corrected chi connectivity index (χ0v) is 16.5. The van der Waals surface area contributed by atoms with E-state index in [0.717, 1.165) is 12.3 Å². The van der Waals surface area contributed by atoms with Crippen LogP contribution in [0.2, 0.25) is 0 Å². The average Bonchev–Trinajstić information content (AvgIpc) is 2.92. The first-order valence-electron chi connectivity index (χ1n) is 7.42. The summed E-state index contributed by atoms with van der Waals surface area (Å²) in [6.45, 7) is 9.68. The monoisotopic (exact) mass is 438 g/mol. The number of hydrogen-bond acceptors (Lipinski definition) is 4. The second-order valence-electron chi connectivity index (χ2n) is 5.63. The van der Waals surface area contributed by atoms with Crippen LogP contribution >= 0.6 is 24.0 Å². The Morgan fingerprint density at radius 1 is 1.26 bits per heavy atom. The van der Waals surface area contributed by atoms with E-state index in [4.69, 9.17) is 9.15 Å². The van der Waals surface area contributed by atoms with Gasteiger partial charge in [-0.25, -0.2) is 9.79 Å². The molecule has 1 aromatic rings. The molecule has 23 heavy (non-hydrogen) atoms. The molecule has 0 spiro atoms. The number of furan rings is 1. The fourth-order valence-corrected chi connectivity index (χ4v) is 1.56. The van der Waals surface area contributed by atoms with Gasteiger partial charge in [0.25, 0.3) is 0 Å². The SMILES string of the molecule is CCNC(=NCc1ccco1)NCCNC(=O)OC(C)(C)C.I. The number of alkyl carbamates (subject to hydrolysis) is 1. The summed E-state index contributed by atoms with van der Waals surface area (Å²) in [5.74, 6) is 1.47. The van der Waals surface area contributed by atoms with Crippen molar-refractivity contribution in [3.63, 3.8) is 0 Å². The van der Waals surface area contributed by atoms with E-state index in [9.17, 15) is 4.79 Å². The van der Waals surface area contributed by atoms with Gasteiger partial charge in [-0.3, -0.25) is 0 Å². The van der Waals surface area contributed by atoms with Gasteiger partial charge in [-0.05, 0) is 39.8 Å². The number of guanidine groups is 1. The second kappa shape index (κ2) is 11.1. The van der Waals surface area contributed by atoms with Crippen molar-refractivity contribution in [3.05, 3.63) is 24.2 Å². The van der Waals surface area contributed by atoms with Crippen LogP contribution in [-0.4, -0.2) is 37.3 Å². The molecule has 0 aliphatic carbocycles. The second-order valence-corrected chi connectivity index (χ2v) is 5.63. The number of nitrogens with zero attached hydrogens (tertiary/aromatic N) is 1. The third-order valence-corrected chi connectivity index (χ3v) is 2.40. The third kappa shape index (κ3) is 10.8. The molecule has 1 heterocycles. The van der Waals surface area contributed by atoms with E-state index in [1.165, 1.54) is 0 Å². The number of rotatable bonds is 6. The van der Waals surface area contributed by atoms with Gasteiger partial charge in [0.2, 0.25) is 0 Å². The summed E-state index contributed by atoms with van der Waals surface area (Å²) < 4.78 is 10.4. The van der Waals surface area contributed by atoms with Crippen LogP contribution in [0.3, 0.4) is 0 Å². The molecule has 0 aliphatic rings. The van der Waals surface area contributed by atoms with Crippen molar-refractivity contribution in [2.45, 2.75) is 39.8 Å². The normalized spacial score (nSPS) is 11.4. The molecule has 0 radical (unpaired) electrons. The summed E-state index contributed by atoms with van der Waals surface area (Å²) in [6.07, 6.45) is 1.20. The first-order valence-corrected chi connectivity index (χ1v) is 7.42. The van der Waals surface area contributed by atoms with E-state index >= 15 is 0 Å². The van der Waals surface area contributed by atoms with E-state index < -0.39 is 11.7 Å². The molecule has 8 heteroatoms. The Morgan fingerprint density at radius 2 is 1.96 bits per heavy atom. The van der Waals surface area contributed by atoms with Gasteiger partial charge in [-0.2, -0.15) is 0 Å². The number of ether oxygens (including phenoxy) is 1. The molecule has 0 aromatic carbocycles. The lowest BCUT2D eigenvalue weighted by Crippen LogP contribution is -2.42. The van der Waals surface area contributed by atoms with Crippen LogP contribution in [0.1, 0.15) is 33.5 Å². The van der Waals surface area contributed by atoms with E-state index in [2.05, 4.69) is 20.9 Å². The Bertz CT molecular complexity index is 470. The molecular formula is C15H27IN4O3. The Hall–Kier alpha value is -1.45. The zero-order chi connectivity index (χ0) is 16.4. The molecule has 1 amide bonds. The third-order valence-electron chi connectivity index (χ3n) is 2.40. The maximum absolute atomic E-state index is 11.5.